The second-order valence-electron chi connectivity index (χ2n) is 5.34. The van der Waals surface area contributed by atoms with E-state index in [1.165, 1.54) is 4.90 Å². The van der Waals surface area contributed by atoms with E-state index < -0.39 is 0 Å². The van der Waals surface area contributed by atoms with Gasteiger partial charge in [0.15, 0.2) is 0 Å². The molecule has 1 heterocycles. The van der Waals surface area contributed by atoms with Crippen LogP contribution in [0.2, 0.25) is 0 Å². The maximum Gasteiger partial charge on any atom is 0.329 e. The Morgan fingerprint density at radius 2 is 1.89 bits per heavy atom. The van der Waals surface area contributed by atoms with Gasteiger partial charge >= 0.3 is 6.03 Å². The predicted molar refractivity (Wildman–Crippen MR) is 71.6 cm³/mol. The molecule has 1 aliphatic heterocycles. The van der Waals surface area contributed by atoms with Crippen LogP contribution in [0.25, 0.3) is 0 Å². The van der Waals surface area contributed by atoms with Gasteiger partial charge in [-0.25, -0.2) is 9.69 Å². The van der Waals surface area contributed by atoms with Gasteiger partial charge < -0.3 is 11.1 Å². The lowest BCUT2D eigenvalue weighted by Gasteiger charge is -2.47. The molecule has 5 heteroatoms. The highest BCUT2D eigenvalue weighted by Crippen LogP contribution is 2.38. The van der Waals surface area contributed by atoms with Crippen LogP contribution in [0.1, 0.15) is 31.2 Å². The molecule has 5 nitrogen and oxygen atoms in total. The monoisotopic (exact) mass is 259 g/mol. The first-order valence-corrected chi connectivity index (χ1v) is 6.58. The molecule has 1 aromatic carbocycles. The molecular formula is C14H17N3O2. The Hall–Kier alpha value is -1.88. The first kappa shape index (κ1) is 12.2. The highest BCUT2D eigenvalue weighted by molar-refractivity contribution is 6.16. The zero-order chi connectivity index (χ0) is 13.5. The number of urea groups is 1. The highest BCUT2D eigenvalue weighted by atomic mass is 16.2. The van der Waals surface area contributed by atoms with Crippen LogP contribution in [0.15, 0.2) is 24.3 Å². The Balaban J connectivity index is 1.83. The molecule has 3 N–H and O–H groups in total. The molecular weight excluding hydrogens is 242 g/mol. The van der Waals surface area contributed by atoms with Crippen LogP contribution < -0.4 is 16.0 Å². The summed E-state index contributed by atoms with van der Waals surface area (Å²) in [5.41, 5.74) is 6.85. The van der Waals surface area contributed by atoms with Gasteiger partial charge in [-0.1, -0.05) is 12.1 Å². The molecule has 1 saturated heterocycles. The van der Waals surface area contributed by atoms with Crippen molar-refractivity contribution in [3.05, 3.63) is 29.8 Å². The van der Waals surface area contributed by atoms with Gasteiger partial charge in [-0.2, -0.15) is 0 Å². The molecule has 1 aliphatic carbocycles. The van der Waals surface area contributed by atoms with Crippen LogP contribution in [-0.2, 0) is 11.3 Å². The van der Waals surface area contributed by atoms with Crippen LogP contribution >= 0.6 is 0 Å². The van der Waals surface area contributed by atoms with Gasteiger partial charge in [0.25, 0.3) is 0 Å². The molecule has 19 heavy (non-hydrogen) atoms. The van der Waals surface area contributed by atoms with E-state index in [0.717, 1.165) is 24.8 Å². The fourth-order valence-electron chi connectivity index (χ4n) is 2.76. The quantitative estimate of drug-likeness (QED) is 0.845. The van der Waals surface area contributed by atoms with Crippen LogP contribution in [-0.4, -0.2) is 17.5 Å². The second kappa shape index (κ2) is 4.35. The van der Waals surface area contributed by atoms with Crippen LogP contribution in [0.3, 0.4) is 0 Å². The average molecular weight is 259 g/mol. The summed E-state index contributed by atoms with van der Waals surface area (Å²) in [6.45, 7) is 0.448. The van der Waals surface area contributed by atoms with Crippen molar-refractivity contribution in [2.45, 2.75) is 37.8 Å². The summed E-state index contributed by atoms with van der Waals surface area (Å²) in [4.78, 5) is 25.6. The summed E-state index contributed by atoms with van der Waals surface area (Å²) >= 11 is 0. The molecule has 2 aliphatic rings. The topological polar surface area (TPSA) is 75.4 Å². The molecule has 2 fully saturated rings. The molecule has 0 aromatic heterocycles. The van der Waals surface area contributed by atoms with Crippen molar-refractivity contribution in [3.8, 4) is 0 Å². The number of amides is 3. The van der Waals surface area contributed by atoms with Crippen molar-refractivity contribution in [2.75, 3.05) is 4.90 Å². The Morgan fingerprint density at radius 1 is 1.21 bits per heavy atom. The highest BCUT2D eigenvalue weighted by Gasteiger charge is 2.47. The predicted octanol–water partition coefficient (Wildman–Crippen LogP) is 1.51. The SMILES string of the molecule is NCc1ccc(N2C(=O)CC3(CCC3)NC2=O)cc1. The number of hydrogen-bond donors (Lipinski definition) is 2. The van der Waals surface area contributed by atoms with Crippen molar-refractivity contribution in [1.82, 2.24) is 5.32 Å². The third kappa shape index (κ3) is 2.00. The number of benzene rings is 1. The lowest BCUT2D eigenvalue weighted by Crippen LogP contribution is -2.65. The third-order valence-electron chi connectivity index (χ3n) is 4.06. The fraction of sp³-hybridized carbons (Fsp3) is 0.429. The molecule has 1 spiro atoms. The number of hydrogen-bond acceptors (Lipinski definition) is 3. The number of nitrogens with two attached hydrogens (primary N) is 1. The van der Waals surface area contributed by atoms with Gasteiger partial charge in [0, 0.05) is 6.54 Å². The Bertz CT molecular complexity index is 500. The molecule has 3 rings (SSSR count). The minimum atomic E-state index is -0.309. The van der Waals surface area contributed by atoms with Crippen molar-refractivity contribution in [3.63, 3.8) is 0 Å². The minimum absolute atomic E-state index is 0.121. The van der Waals surface area contributed by atoms with Gasteiger partial charge in [-0.05, 0) is 37.0 Å². The van der Waals surface area contributed by atoms with Crippen molar-refractivity contribution in [1.29, 1.82) is 0 Å². The van der Waals surface area contributed by atoms with E-state index in [-0.39, 0.29) is 17.5 Å². The van der Waals surface area contributed by atoms with Gasteiger partial charge in [0.05, 0.1) is 17.6 Å². The normalized spacial score (nSPS) is 21.2. The van der Waals surface area contributed by atoms with Crippen molar-refractivity contribution < 1.29 is 9.59 Å². The van der Waals surface area contributed by atoms with E-state index in [9.17, 15) is 9.59 Å². The number of nitrogens with zero attached hydrogens (tertiary/aromatic N) is 1. The van der Waals surface area contributed by atoms with Gasteiger partial charge in [0.1, 0.15) is 0 Å². The molecule has 0 atom stereocenters. The summed E-state index contributed by atoms with van der Waals surface area (Å²) < 4.78 is 0. The smallest absolute Gasteiger partial charge is 0.329 e. The van der Waals surface area contributed by atoms with Crippen molar-refractivity contribution >= 4 is 17.6 Å². The maximum absolute atomic E-state index is 12.2. The first-order valence-electron chi connectivity index (χ1n) is 6.58. The Kier molecular flexibility index (Phi) is 2.78. The standard InChI is InChI=1S/C14H17N3O2/c15-9-10-2-4-11(5-3-10)17-12(18)8-14(6-1-7-14)16-13(17)19/h2-5H,1,6-9,15H2,(H,16,19). The van der Waals surface area contributed by atoms with Gasteiger partial charge in [0.2, 0.25) is 5.91 Å². The molecule has 3 amide bonds. The van der Waals surface area contributed by atoms with Crippen LogP contribution in [0, 0.1) is 0 Å². The molecule has 100 valence electrons. The van der Waals surface area contributed by atoms with E-state index in [1.807, 2.05) is 12.1 Å². The molecule has 0 bridgehead atoms. The third-order valence-corrected chi connectivity index (χ3v) is 4.06. The maximum atomic E-state index is 12.2. The number of imide groups is 1. The van der Waals surface area contributed by atoms with E-state index in [1.54, 1.807) is 12.1 Å². The first-order chi connectivity index (χ1) is 9.13. The summed E-state index contributed by atoms with van der Waals surface area (Å²) in [6.07, 6.45) is 3.30. The van der Waals surface area contributed by atoms with Crippen molar-refractivity contribution in [2.24, 2.45) is 5.73 Å². The Morgan fingerprint density at radius 3 is 2.37 bits per heavy atom. The summed E-state index contributed by atoms with van der Waals surface area (Å²) in [7, 11) is 0. The number of carbonyl (C=O) groups is 2. The van der Waals surface area contributed by atoms with E-state index >= 15 is 0 Å². The number of carbonyl (C=O) groups excluding carboxylic acids is 2. The van der Waals surface area contributed by atoms with Crippen LogP contribution in [0.4, 0.5) is 10.5 Å². The lowest BCUT2D eigenvalue weighted by atomic mass is 9.73. The van der Waals surface area contributed by atoms with E-state index in [0.29, 0.717) is 18.7 Å². The van der Waals surface area contributed by atoms with E-state index in [2.05, 4.69) is 5.32 Å². The molecule has 1 aromatic rings. The fourth-order valence-corrected chi connectivity index (χ4v) is 2.76. The number of rotatable bonds is 2. The average Bonchev–Trinajstić information content (AvgIpc) is 2.37. The minimum Gasteiger partial charge on any atom is -0.331 e. The lowest BCUT2D eigenvalue weighted by molar-refractivity contribution is -0.121. The summed E-state index contributed by atoms with van der Waals surface area (Å²) in [5.74, 6) is -0.121. The van der Waals surface area contributed by atoms with Gasteiger partial charge in [-0.3, -0.25) is 4.79 Å². The largest absolute Gasteiger partial charge is 0.331 e. The molecule has 0 radical (unpaired) electrons. The van der Waals surface area contributed by atoms with Crippen LogP contribution in [0.5, 0.6) is 0 Å². The number of anilines is 1. The number of nitrogens with one attached hydrogen (secondary N) is 1. The summed E-state index contributed by atoms with van der Waals surface area (Å²) in [5, 5.41) is 2.98. The molecule has 1 saturated carbocycles. The zero-order valence-electron chi connectivity index (χ0n) is 10.7. The summed E-state index contributed by atoms with van der Waals surface area (Å²) in [6, 6.07) is 6.89. The Labute approximate surface area is 111 Å². The van der Waals surface area contributed by atoms with E-state index in [4.69, 9.17) is 5.73 Å². The second-order valence-corrected chi connectivity index (χ2v) is 5.34. The molecule has 0 unspecified atom stereocenters. The van der Waals surface area contributed by atoms with Gasteiger partial charge in [-0.15, -0.1) is 0 Å². The zero-order valence-corrected chi connectivity index (χ0v) is 10.7.